The summed E-state index contributed by atoms with van der Waals surface area (Å²) in [4.78, 5) is 7.90. The maximum Gasteiger partial charge on any atom is 0.166 e. The molecule has 0 aliphatic heterocycles. The fourth-order valence-electron chi connectivity index (χ4n) is 3.36. The Morgan fingerprint density at radius 3 is 2.12 bits per heavy atom. The van der Waals surface area contributed by atoms with Gasteiger partial charge >= 0.3 is 0 Å². The molecule has 6 nitrogen and oxygen atoms in total. The van der Waals surface area contributed by atoms with Crippen LogP contribution in [0.5, 0.6) is 0 Å². The van der Waals surface area contributed by atoms with E-state index in [0.717, 1.165) is 40.3 Å². The van der Waals surface area contributed by atoms with Crippen LogP contribution >= 0.6 is 36.6 Å². The summed E-state index contributed by atoms with van der Waals surface area (Å²) in [6.45, 7) is 0. The molecule has 7 N–H and O–H groups in total. The fourth-order valence-corrected chi connectivity index (χ4v) is 4.20. The number of imidazole rings is 1. The summed E-state index contributed by atoms with van der Waals surface area (Å²) in [7, 11) is 0. The van der Waals surface area contributed by atoms with Crippen molar-refractivity contribution in [3.8, 4) is 0 Å². The zero-order valence-electron chi connectivity index (χ0n) is 17.8. The normalized spacial score (nSPS) is 10.3. The molecule has 0 amide bonds. The van der Waals surface area contributed by atoms with Crippen molar-refractivity contribution in [3.05, 3.63) is 94.5 Å². The molecule has 33 heavy (non-hydrogen) atoms. The van der Waals surface area contributed by atoms with Gasteiger partial charge in [0, 0.05) is 16.9 Å². The molecule has 1 heterocycles. The number of aromatic amines is 1. The lowest BCUT2D eigenvalue weighted by molar-refractivity contribution is 0.958. The highest BCUT2D eigenvalue weighted by molar-refractivity contribution is 7.98. The molecule has 9 heteroatoms. The number of hydrogen-bond donors (Lipinski definition) is 5. The van der Waals surface area contributed by atoms with Crippen LogP contribution in [0.1, 0.15) is 27.8 Å². The molecule has 0 bridgehead atoms. The lowest BCUT2D eigenvalue weighted by Crippen LogP contribution is -2.11. The van der Waals surface area contributed by atoms with Crippen LogP contribution in [-0.4, -0.2) is 21.6 Å². The third kappa shape index (κ3) is 6.74. The molecular weight excluding hydrogens is 475 g/mol. The first-order chi connectivity index (χ1) is 15.0. The second-order valence-electron chi connectivity index (χ2n) is 7.41. The van der Waals surface area contributed by atoms with E-state index in [1.807, 2.05) is 36.4 Å². The standard InChI is InChI=1S/C24H24N6S.2ClH/c25-22(26)18-3-1-2-16(12-18)7-4-15-5-8-17(9-6-15)14-31-24-29-20-11-10-19(23(27)28)13-21(20)30-24;;/h1-3,5-6,8-13H,4,7,14H2,(H3,25,26)(H3,27,28)(H,29,30);2*1H. The molecule has 1 aromatic heterocycles. The van der Waals surface area contributed by atoms with Crippen LogP contribution in [0.15, 0.2) is 71.9 Å². The van der Waals surface area contributed by atoms with Crippen molar-refractivity contribution in [1.82, 2.24) is 9.97 Å². The summed E-state index contributed by atoms with van der Waals surface area (Å²) >= 11 is 1.65. The molecule has 0 saturated carbocycles. The number of H-pyrrole nitrogens is 1. The number of aromatic nitrogens is 2. The molecule has 0 unspecified atom stereocenters. The lowest BCUT2D eigenvalue weighted by atomic mass is 10.0. The number of aryl methyl sites for hydroxylation is 2. The van der Waals surface area contributed by atoms with Crippen LogP contribution in [0.4, 0.5) is 0 Å². The molecule has 0 aliphatic carbocycles. The highest BCUT2D eigenvalue weighted by Gasteiger charge is 2.06. The van der Waals surface area contributed by atoms with E-state index < -0.39 is 0 Å². The third-order valence-electron chi connectivity index (χ3n) is 5.11. The smallest absolute Gasteiger partial charge is 0.166 e. The van der Waals surface area contributed by atoms with Gasteiger partial charge in [-0.1, -0.05) is 54.2 Å². The van der Waals surface area contributed by atoms with Crippen molar-refractivity contribution in [2.45, 2.75) is 23.8 Å². The topological polar surface area (TPSA) is 128 Å². The minimum atomic E-state index is 0. The maximum absolute atomic E-state index is 7.57. The van der Waals surface area contributed by atoms with Crippen molar-refractivity contribution in [2.24, 2.45) is 11.5 Å². The van der Waals surface area contributed by atoms with E-state index in [0.29, 0.717) is 5.56 Å². The summed E-state index contributed by atoms with van der Waals surface area (Å²) in [5.41, 5.74) is 18.1. The van der Waals surface area contributed by atoms with Gasteiger partial charge in [-0.05, 0) is 53.8 Å². The van der Waals surface area contributed by atoms with Gasteiger partial charge in [-0.2, -0.15) is 0 Å². The minimum Gasteiger partial charge on any atom is -0.384 e. The predicted molar refractivity (Wildman–Crippen MR) is 142 cm³/mol. The Bertz CT molecular complexity index is 1250. The monoisotopic (exact) mass is 500 g/mol. The average molecular weight is 501 g/mol. The van der Waals surface area contributed by atoms with Crippen molar-refractivity contribution in [1.29, 1.82) is 10.8 Å². The molecule has 0 aliphatic rings. The van der Waals surface area contributed by atoms with Crippen molar-refractivity contribution < 1.29 is 0 Å². The fraction of sp³-hybridized carbons (Fsp3) is 0.125. The quantitative estimate of drug-likeness (QED) is 0.131. The van der Waals surface area contributed by atoms with E-state index in [-0.39, 0.29) is 36.5 Å². The molecule has 0 spiro atoms. The van der Waals surface area contributed by atoms with Gasteiger partial charge in [0.2, 0.25) is 0 Å². The largest absolute Gasteiger partial charge is 0.384 e. The van der Waals surface area contributed by atoms with E-state index in [4.69, 9.17) is 22.3 Å². The number of thioether (sulfide) groups is 1. The van der Waals surface area contributed by atoms with Crippen LogP contribution in [0.25, 0.3) is 11.0 Å². The minimum absolute atomic E-state index is 0. The highest BCUT2D eigenvalue weighted by Crippen LogP contribution is 2.24. The summed E-state index contributed by atoms with van der Waals surface area (Å²) in [5.74, 6) is 0.977. The summed E-state index contributed by atoms with van der Waals surface area (Å²) in [6.07, 6.45) is 1.85. The number of fused-ring (bicyclic) bond motifs is 1. The molecule has 4 rings (SSSR count). The molecule has 0 saturated heterocycles. The Labute approximate surface area is 209 Å². The second kappa shape index (κ2) is 11.7. The van der Waals surface area contributed by atoms with E-state index in [1.165, 1.54) is 16.7 Å². The molecule has 0 radical (unpaired) electrons. The predicted octanol–water partition coefficient (Wildman–Crippen LogP) is 5.05. The van der Waals surface area contributed by atoms with Crippen LogP contribution in [0, 0.1) is 10.8 Å². The van der Waals surface area contributed by atoms with Crippen LogP contribution in [-0.2, 0) is 18.6 Å². The lowest BCUT2D eigenvalue weighted by Gasteiger charge is -2.06. The van der Waals surface area contributed by atoms with Gasteiger partial charge in [0.15, 0.2) is 5.16 Å². The molecular formula is C24H26Cl2N6S. The molecule has 3 aromatic carbocycles. The molecule has 0 fully saturated rings. The summed E-state index contributed by atoms with van der Waals surface area (Å²) in [5, 5.41) is 16.0. The Morgan fingerprint density at radius 1 is 0.788 bits per heavy atom. The summed E-state index contributed by atoms with van der Waals surface area (Å²) < 4.78 is 0. The van der Waals surface area contributed by atoms with Crippen LogP contribution in [0.2, 0.25) is 0 Å². The van der Waals surface area contributed by atoms with E-state index >= 15 is 0 Å². The van der Waals surface area contributed by atoms with E-state index in [1.54, 1.807) is 11.8 Å². The van der Waals surface area contributed by atoms with Gasteiger partial charge in [-0.25, -0.2) is 4.98 Å². The maximum atomic E-state index is 7.57. The van der Waals surface area contributed by atoms with Crippen molar-refractivity contribution in [2.75, 3.05) is 0 Å². The SMILES string of the molecule is Cl.Cl.N=C(N)c1cccc(CCc2ccc(CSc3nc4ccc(C(=N)N)cc4[nH]3)cc2)c1. The van der Waals surface area contributed by atoms with E-state index in [2.05, 4.69) is 40.3 Å². The number of nitrogen functional groups attached to an aromatic ring is 2. The Hall–Kier alpha value is -3.00. The third-order valence-corrected chi connectivity index (χ3v) is 6.05. The first kappa shape index (κ1) is 26.3. The van der Waals surface area contributed by atoms with Crippen LogP contribution < -0.4 is 11.5 Å². The zero-order chi connectivity index (χ0) is 21.8. The zero-order valence-corrected chi connectivity index (χ0v) is 20.2. The van der Waals surface area contributed by atoms with Crippen LogP contribution in [0.3, 0.4) is 0 Å². The van der Waals surface area contributed by atoms with Crippen molar-refractivity contribution in [3.63, 3.8) is 0 Å². The molecule has 172 valence electrons. The number of nitrogens with two attached hydrogens (primary N) is 2. The van der Waals surface area contributed by atoms with Gasteiger partial charge in [0.1, 0.15) is 11.7 Å². The first-order valence-electron chi connectivity index (χ1n) is 9.96. The number of nitrogens with zero attached hydrogens (tertiary/aromatic N) is 1. The Kier molecular flexibility index (Phi) is 9.34. The number of nitrogens with one attached hydrogen (secondary N) is 3. The van der Waals surface area contributed by atoms with Gasteiger partial charge in [0.25, 0.3) is 0 Å². The number of halogens is 2. The van der Waals surface area contributed by atoms with Gasteiger partial charge in [0.05, 0.1) is 11.0 Å². The number of amidine groups is 2. The van der Waals surface area contributed by atoms with E-state index in [9.17, 15) is 0 Å². The highest BCUT2D eigenvalue weighted by atomic mass is 35.5. The summed E-state index contributed by atoms with van der Waals surface area (Å²) in [6, 6.07) is 22.1. The first-order valence-corrected chi connectivity index (χ1v) is 10.9. The molecule has 4 aromatic rings. The number of hydrogen-bond acceptors (Lipinski definition) is 4. The number of rotatable bonds is 8. The van der Waals surface area contributed by atoms with Crippen molar-refractivity contribution >= 4 is 59.3 Å². The average Bonchev–Trinajstić information content (AvgIpc) is 3.19. The second-order valence-corrected chi connectivity index (χ2v) is 8.37. The number of benzene rings is 3. The Morgan fingerprint density at radius 2 is 1.42 bits per heavy atom. The van der Waals surface area contributed by atoms with Gasteiger partial charge in [-0.3, -0.25) is 10.8 Å². The Balaban J connectivity index is 0.00000193. The van der Waals surface area contributed by atoms with Gasteiger partial charge in [-0.15, -0.1) is 24.8 Å². The molecule has 0 atom stereocenters. The van der Waals surface area contributed by atoms with Gasteiger partial charge < -0.3 is 16.5 Å².